The fraction of sp³-hybridized carbons (Fsp3) is 0.300. The first kappa shape index (κ1) is 18.8. The van der Waals surface area contributed by atoms with E-state index >= 15 is 0 Å². The number of rotatable bonds is 5. The van der Waals surface area contributed by atoms with Gasteiger partial charge in [0, 0.05) is 23.7 Å². The van der Waals surface area contributed by atoms with Crippen LogP contribution in [0.1, 0.15) is 21.5 Å². The van der Waals surface area contributed by atoms with E-state index in [9.17, 15) is 4.79 Å². The summed E-state index contributed by atoms with van der Waals surface area (Å²) in [6, 6.07) is 11.5. The summed E-state index contributed by atoms with van der Waals surface area (Å²) in [5.41, 5.74) is 3.72. The van der Waals surface area contributed by atoms with Crippen LogP contribution in [0.4, 0.5) is 5.13 Å². The monoisotopic (exact) mass is 387 g/mol. The standard InChI is InChI=1S/C20H22ClN3OS/c1-13-5-7-15(8-6-13)19(25)24(10-9-23(3)4)20-22-18-14(2)11-16(21)12-17(18)26-20/h5-8,11-12H,9-10H2,1-4H3. The van der Waals surface area contributed by atoms with E-state index in [4.69, 9.17) is 16.6 Å². The van der Waals surface area contributed by atoms with Gasteiger partial charge in [-0.15, -0.1) is 0 Å². The summed E-state index contributed by atoms with van der Waals surface area (Å²) in [6.07, 6.45) is 0. The third kappa shape index (κ3) is 4.06. The number of nitrogens with zero attached hydrogens (tertiary/aromatic N) is 3. The minimum Gasteiger partial charge on any atom is -0.308 e. The number of benzene rings is 2. The van der Waals surface area contributed by atoms with Crippen LogP contribution in [0, 0.1) is 13.8 Å². The Kier molecular flexibility index (Phi) is 5.61. The zero-order valence-electron chi connectivity index (χ0n) is 15.4. The average Bonchev–Trinajstić information content (AvgIpc) is 2.99. The molecule has 0 saturated carbocycles. The average molecular weight is 388 g/mol. The highest BCUT2D eigenvalue weighted by Gasteiger charge is 2.22. The first-order valence-corrected chi connectivity index (χ1v) is 9.64. The highest BCUT2D eigenvalue weighted by molar-refractivity contribution is 7.22. The Balaban J connectivity index is 2.01. The largest absolute Gasteiger partial charge is 0.308 e. The van der Waals surface area contributed by atoms with E-state index in [0.29, 0.717) is 22.3 Å². The minimum atomic E-state index is -0.0327. The normalized spacial score (nSPS) is 11.3. The lowest BCUT2D eigenvalue weighted by Gasteiger charge is -2.22. The van der Waals surface area contributed by atoms with Gasteiger partial charge in [0.15, 0.2) is 5.13 Å². The van der Waals surface area contributed by atoms with Crippen molar-refractivity contribution in [2.45, 2.75) is 13.8 Å². The van der Waals surface area contributed by atoms with Crippen LogP contribution >= 0.6 is 22.9 Å². The number of aryl methyl sites for hydroxylation is 2. The number of carbonyl (C=O) groups excluding carboxylic acids is 1. The number of carbonyl (C=O) groups is 1. The number of thiazole rings is 1. The van der Waals surface area contributed by atoms with E-state index in [2.05, 4.69) is 4.90 Å². The van der Waals surface area contributed by atoms with Crippen LogP contribution in [0.15, 0.2) is 36.4 Å². The third-order valence-corrected chi connectivity index (χ3v) is 5.43. The number of amides is 1. The second-order valence-electron chi connectivity index (χ2n) is 6.69. The molecule has 3 aromatic rings. The van der Waals surface area contributed by atoms with Crippen LogP contribution in [0.25, 0.3) is 10.2 Å². The Hall–Kier alpha value is -1.95. The lowest BCUT2D eigenvalue weighted by Crippen LogP contribution is -2.36. The van der Waals surface area contributed by atoms with E-state index in [1.807, 2.05) is 64.3 Å². The Morgan fingerprint density at radius 3 is 2.46 bits per heavy atom. The molecule has 0 spiro atoms. The van der Waals surface area contributed by atoms with E-state index in [1.54, 1.807) is 4.90 Å². The summed E-state index contributed by atoms with van der Waals surface area (Å²) in [5, 5.41) is 1.40. The first-order chi connectivity index (χ1) is 12.3. The molecule has 6 heteroatoms. The molecular weight excluding hydrogens is 366 g/mol. The Morgan fingerprint density at radius 2 is 1.81 bits per heavy atom. The van der Waals surface area contributed by atoms with Crippen molar-refractivity contribution in [1.29, 1.82) is 0 Å². The summed E-state index contributed by atoms with van der Waals surface area (Å²) in [5.74, 6) is -0.0327. The number of anilines is 1. The molecule has 0 aliphatic rings. The topological polar surface area (TPSA) is 36.4 Å². The van der Waals surface area contributed by atoms with E-state index in [1.165, 1.54) is 11.3 Å². The predicted molar refractivity (Wildman–Crippen MR) is 111 cm³/mol. The zero-order valence-corrected chi connectivity index (χ0v) is 17.0. The maximum Gasteiger partial charge on any atom is 0.260 e. The Bertz CT molecular complexity index is 934. The van der Waals surface area contributed by atoms with Crippen molar-refractivity contribution >= 4 is 44.2 Å². The second kappa shape index (κ2) is 7.74. The molecule has 0 unspecified atom stereocenters. The van der Waals surface area contributed by atoms with Crippen molar-refractivity contribution in [1.82, 2.24) is 9.88 Å². The maximum absolute atomic E-state index is 13.1. The molecule has 1 aromatic heterocycles. The Morgan fingerprint density at radius 1 is 1.12 bits per heavy atom. The number of fused-ring (bicyclic) bond motifs is 1. The van der Waals surface area contributed by atoms with Gasteiger partial charge < -0.3 is 4.90 Å². The van der Waals surface area contributed by atoms with Crippen LogP contribution in [-0.2, 0) is 0 Å². The molecule has 1 heterocycles. The van der Waals surface area contributed by atoms with Gasteiger partial charge in [-0.2, -0.15) is 0 Å². The van der Waals surface area contributed by atoms with Crippen molar-refractivity contribution in [3.63, 3.8) is 0 Å². The van der Waals surface area contributed by atoms with Gasteiger partial charge in [-0.05, 0) is 57.8 Å². The van der Waals surface area contributed by atoms with Gasteiger partial charge in [0.2, 0.25) is 0 Å². The van der Waals surface area contributed by atoms with Crippen LogP contribution in [-0.4, -0.2) is 43.0 Å². The van der Waals surface area contributed by atoms with Crippen molar-refractivity contribution in [2.75, 3.05) is 32.1 Å². The van der Waals surface area contributed by atoms with Crippen molar-refractivity contribution in [3.8, 4) is 0 Å². The lowest BCUT2D eigenvalue weighted by molar-refractivity contribution is 0.0985. The Labute approximate surface area is 163 Å². The molecule has 2 aromatic carbocycles. The van der Waals surface area contributed by atoms with Crippen molar-refractivity contribution in [3.05, 3.63) is 58.1 Å². The summed E-state index contributed by atoms with van der Waals surface area (Å²) in [7, 11) is 3.99. The van der Waals surface area contributed by atoms with Crippen molar-refractivity contribution < 1.29 is 4.79 Å². The SMILES string of the molecule is Cc1ccc(C(=O)N(CCN(C)C)c2nc3c(C)cc(Cl)cc3s2)cc1. The van der Waals surface area contributed by atoms with Gasteiger partial charge in [-0.1, -0.05) is 40.6 Å². The molecule has 136 valence electrons. The van der Waals surface area contributed by atoms with Crippen LogP contribution < -0.4 is 4.90 Å². The zero-order chi connectivity index (χ0) is 18.8. The highest BCUT2D eigenvalue weighted by Crippen LogP contribution is 2.33. The number of hydrogen-bond donors (Lipinski definition) is 0. The predicted octanol–water partition coefficient (Wildman–Crippen LogP) is 4.77. The van der Waals surface area contributed by atoms with Crippen LogP contribution in [0.2, 0.25) is 5.02 Å². The highest BCUT2D eigenvalue weighted by atomic mass is 35.5. The summed E-state index contributed by atoms with van der Waals surface area (Å²) in [6.45, 7) is 5.33. The molecule has 0 aliphatic heterocycles. The molecule has 0 N–H and O–H groups in total. The molecule has 0 aliphatic carbocycles. The molecule has 1 amide bonds. The molecule has 3 rings (SSSR count). The smallest absolute Gasteiger partial charge is 0.260 e. The second-order valence-corrected chi connectivity index (χ2v) is 8.14. The van der Waals surface area contributed by atoms with E-state index in [0.717, 1.165) is 27.9 Å². The number of likely N-dealkylation sites (N-methyl/N-ethyl adjacent to an activating group) is 1. The van der Waals surface area contributed by atoms with Gasteiger partial charge in [0.25, 0.3) is 5.91 Å². The van der Waals surface area contributed by atoms with Gasteiger partial charge in [-0.25, -0.2) is 4.98 Å². The van der Waals surface area contributed by atoms with Crippen molar-refractivity contribution in [2.24, 2.45) is 0 Å². The number of halogens is 1. The molecule has 0 atom stereocenters. The molecule has 0 radical (unpaired) electrons. The first-order valence-electron chi connectivity index (χ1n) is 8.45. The van der Waals surface area contributed by atoms with Gasteiger partial charge in [0.05, 0.1) is 10.2 Å². The number of hydrogen-bond acceptors (Lipinski definition) is 4. The molecule has 0 bridgehead atoms. The summed E-state index contributed by atoms with van der Waals surface area (Å²) in [4.78, 5) is 21.7. The quantitative estimate of drug-likeness (QED) is 0.632. The van der Waals surface area contributed by atoms with Gasteiger partial charge in [-0.3, -0.25) is 9.69 Å². The maximum atomic E-state index is 13.1. The molecule has 0 fully saturated rings. The fourth-order valence-corrected chi connectivity index (χ4v) is 4.14. The molecular formula is C20H22ClN3OS. The molecule has 4 nitrogen and oxygen atoms in total. The van der Waals surface area contributed by atoms with Gasteiger partial charge in [0.1, 0.15) is 0 Å². The fourth-order valence-electron chi connectivity index (χ4n) is 2.69. The lowest BCUT2D eigenvalue weighted by atomic mass is 10.1. The van der Waals surface area contributed by atoms with E-state index in [-0.39, 0.29) is 5.91 Å². The minimum absolute atomic E-state index is 0.0327. The van der Waals surface area contributed by atoms with Crippen LogP contribution in [0.3, 0.4) is 0 Å². The molecule has 26 heavy (non-hydrogen) atoms. The summed E-state index contributed by atoms with van der Waals surface area (Å²) < 4.78 is 0.997. The van der Waals surface area contributed by atoms with Gasteiger partial charge >= 0.3 is 0 Å². The molecule has 0 saturated heterocycles. The number of aromatic nitrogens is 1. The van der Waals surface area contributed by atoms with E-state index < -0.39 is 0 Å². The van der Waals surface area contributed by atoms with Crippen LogP contribution in [0.5, 0.6) is 0 Å². The third-order valence-electron chi connectivity index (χ3n) is 4.18. The summed E-state index contributed by atoms with van der Waals surface area (Å²) >= 11 is 7.68.